The zero-order valence-electron chi connectivity index (χ0n) is 22.1. The summed E-state index contributed by atoms with van der Waals surface area (Å²) in [6.45, 7) is 0. The lowest BCUT2D eigenvalue weighted by Crippen LogP contribution is -1.96. The van der Waals surface area contributed by atoms with Gasteiger partial charge in [-0.3, -0.25) is 0 Å². The zero-order chi connectivity index (χ0) is 26.6. The van der Waals surface area contributed by atoms with Crippen LogP contribution in [0.5, 0.6) is 0 Å². The predicted octanol–water partition coefficient (Wildman–Crippen LogP) is 10.1. The van der Waals surface area contributed by atoms with Gasteiger partial charge in [-0.1, -0.05) is 78.9 Å². The van der Waals surface area contributed by atoms with E-state index in [1.165, 1.54) is 38.5 Å². The molecule has 0 radical (unpaired) electrons. The highest BCUT2D eigenvalue weighted by molar-refractivity contribution is 6.10. The monoisotopic (exact) mass is 514 g/mol. The van der Waals surface area contributed by atoms with E-state index in [1.54, 1.807) is 0 Å². The van der Waals surface area contributed by atoms with Crippen LogP contribution in [0.15, 0.2) is 138 Å². The molecule has 0 spiro atoms. The van der Waals surface area contributed by atoms with Gasteiger partial charge in [-0.2, -0.15) is 0 Å². The van der Waals surface area contributed by atoms with E-state index >= 15 is 0 Å². The summed E-state index contributed by atoms with van der Waals surface area (Å²) in [5.74, 6) is 0. The van der Waals surface area contributed by atoms with Crippen molar-refractivity contribution in [1.29, 1.82) is 0 Å². The van der Waals surface area contributed by atoms with Crippen LogP contribution in [0, 0.1) is 0 Å². The molecule has 0 atom stereocenters. The van der Waals surface area contributed by atoms with Crippen LogP contribution in [0.2, 0.25) is 0 Å². The van der Waals surface area contributed by atoms with Gasteiger partial charge in [-0.25, -0.2) is 0 Å². The minimum atomic E-state index is 0.899. The molecule has 0 saturated carbocycles. The predicted molar refractivity (Wildman–Crippen MR) is 168 cm³/mol. The van der Waals surface area contributed by atoms with E-state index in [0.29, 0.717) is 0 Å². The fourth-order valence-corrected chi connectivity index (χ4v) is 6.05. The quantitative estimate of drug-likeness (QED) is 0.253. The van der Waals surface area contributed by atoms with Gasteiger partial charge in [0, 0.05) is 39.8 Å². The molecule has 0 aliphatic heterocycles. The van der Waals surface area contributed by atoms with Crippen LogP contribution in [-0.2, 0) is 0 Å². The van der Waals surface area contributed by atoms with E-state index in [0.717, 1.165) is 38.9 Å². The average Bonchev–Trinajstić information content (AvgIpc) is 3.56. The summed E-state index contributed by atoms with van der Waals surface area (Å²) in [6.07, 6.45) is 0. The van der Waals surface area contributed by atoms with Crippen LogP contribution in [0.25, 0.3) is 71.7 Å². The summed E-state index contributed by atoms with van der Waals surface area (Å²) in [5.41, 5.74) is 11.2. The topological polar surface area (TPSA) is 30.1 Å². The Kier molecular flexibility index (Phi) is 5.04. The summed E-state index contributed by atoms with van der Waals surface area (Å²) in [6, 6.07) is 47.6. The first-order valence-electron chi connectivity index (χ1n) is 13.6. The van der Waals surface area contributed by atoms with Crippen molar-refractivity contribution in [3.8, 4) is 27.9 Å². The van der Waals surface area contributed by atoms with Crippen LogP contribution in [-0.4, -0.2) is 11.6 Å². The van der Waals surface area contributed by atoms with Gasteiger partial charge in [0.1, 0.15) is 11.2 Å². The molecule has 40 heavy (non-hydrogen) atoms. The van der Waals surface area contributed by atoms with Crippen molar-refractivity contribution in [2.75, 3.05) is 12.4 Å². The molecule has 2 aromatic heterocycles. The maximum Gasteiger partial charge on any atom is 0.135 e. The molecule has 8 aromatic rings. The molecule has 0 fully saturated rings. The van der Waals surface area contributed by atoms with Gasteiger partial charge < -0.3 is 14.3 Å². The lowest BCUT2D eigenvalue weighted by molar-refractivity contribution is 0.669. The third kappa shape index (κ3) is 3.45. The number of hydrogen-bond acceptors (Lipinski definition) is 2. The molecule has 0 saturated heterocycles. The molecule has 8 rings (SSSR count). The molecule has 0 amide bonds. The molecule has 0 aliphatic rings. The molecule has 0 unspecified atom stereocenters. The van der Waals surface area contributed by atoms with Gasteiger partial charge in [-0.05, 0) is 71.3 Å². The Bertz CT molecular complexity index is 2150. The minimum absolute atomic E-state index is 0.899. The number of para-hydroxylation sites is 3. The molecule has 0 aliphatic carbocycles. The lowest BCUT2D eigenvalue weighted by Gasteiger charge is -2.14. The van der Waals surface area contributed by atoms with Crippen molar-refractivity contribution in [2.24, 2.45) is 0 Å². The average molecular weight is 515 g/mol. The van der Waals surface area contributed by atoms with Gasteiger partial charge >= 0.3 is 0 Å². The molecule has 3 nitrogen and oxygen atoms in total. The Morgan fingerprint density at radius 3 is 1.73 bits per heavy atom. The van der Waals surface area contributed by atoms with Crippen molar-refractivity contribution in [3.05, 3.63) is 133 Å². The van der Waals surface area contributed by atoms with Crippen LogP contribution in [0.1, 0.15) is 0 Å². The summed E-state index contributed by atoms with van der Waals surface area (Å²) < 4.78 is 8.67. The van der Waals surface area contributed by atoms with Gasteiger partial charge in [0.2, 0.25) is 0 Å². The summed E-state index contributed by atoms with van der Waals surface area (Å²) in [4.78, 5) is 0. The number of rotatable bonds is 4. The van der Waals surface area contributed by atoms with Crippen molar-refractivity contribution >= 4 is 49.4 Å². The molecule has 6 aromatic carbocycles. The minimum Gasteiger partial charge on any atom is -0.456 e. The summed E-state index contributed by atoms with van der Waals surface area (Å²) in [5, 5.41) is 7.97. The molecule has 1 N–H and O–H groups in total. The van der Waals surface area contributed by atoms with Crippen molar-refractivity contribution in [2.45, 2.75) is 0 Å². The maximum atomic E-state index is 6.27. The number of furan rings is 1. The first-order chi connectivity index (χ1) is 19.8. The second-order valence-corrected chi connectivity index (χ2v) is 10.2. The smallest absolute Gasteiger partial charge is 0.135 e. The highest BCUT2D eigenvalue weighted by Gasteiger charge is 2.16. The molecular weight excluding hydrogens is 488 g/mol. The first kappa shape index (κ1) is 22.7. The number of anilines is 1. The largest absolute Gasteiger partial charge is 0.456 e. The van der Waals surface area contributed by atoms with E-state index in [-0.39, 0.29) is 0 Å². The normalized spacial score (nSPS) is 11.6. The Balaban J connectivity index is 1.33. The molecule has 2 heterocycles. The van der Waals surface area contributed by atoms with Crippen LogP contribution < -0.4 is 5.32 Å². The van der Waals surface area contributed by atoms with Gasteiger partial charge in [0.25, 0.3) is 0 Å². The van der Waals surface area contributed by atoms with Crippen LogP contribution in [0.4, 0.5) is 5.69 Å². The number of benzene rings is 6. The Morgan fingerprint density at radius 2 is 1.05 bits per heavy atom. The van der Waals surface area contributed by atoms with Crippen molar-refractivity contribution in [3.63, 3.8) is 0 Å². The Morgan fingerprint density at radius 1 is 0.500 bits per heavy atom. The van der Waals surface area contributed by atoms with E-state index in [9.17, 15) is 0 Å². The standard InChI is InChI=1S/C37H26N2O/c1-38-27-18-14-24(15-19-27)25-16-20-36-31(22-25)32-23-26(17-21-37(32)40-36)28-8-2-5-11-33(28)39-34-12-6-3-9-29(34)30-10-4-7-13-35(30)39/h2-23,38H,1H3. The summed E-state index contributed by atoms with van der Waals surface area (Å²) in [7, 11) is 1.94. The van der Waals surface area contributed by atoms with Crippen LogP contribution >= 0.6 is 0 Å². The number of nitrogens with one attached hydrogen (secondary N) is 1. The van der Waals surface area contributed by atoms with E-state index in [2.05, 4.69) is 143 Å². The van der Waals surface area contributed by atoms with Gasteiger partial charge in [0.15, 0.2) is 0 Å². The second-order valence-electron chi connectivity index (χ2n) is 10.2. The SMILES string of the molecule is CNc1ccc(-c2ccc3oc4ccc(-c5ccccc5-n5c6ccccc6c6ccccc65)cc4c3c2)cc1. The highest BCUT2D eigenvalue weighted by atomic mass is 16.3. The highest BCUT2D eigenvalue weighted by Crippen LogP contribution is 2.39. The van der Waals surface area contributed by atoms with Crippen LogP contribution in [0.3, 0.4) is 0 Å². The first-order valence-corrected chi connectivity index (χ1v) is 13.6. The number of fused-ring (bicyclic) bond motifs is 6. The van der Waals surface area contributed by atoms with E-state index < -0.39 is 0 Å². The molecule has 0 bridgehead atoms. The molecular formula is C37H26N2O. The van der Waals surface area contributed by atoms with E-state index in [4.69, 9.17) is 4.42 Å². The maximum absolute atomic E-state index is 6.27. The van der Waals surface area contributed by atoms with Gasteiger partial charge in [0.05, 0.1) is 16.7 Å². The zero-order valence-corrected chi connectivity index (χ0v) is 22.1. The fraction of sp³-hybridized carbons (Fsp3) is 0.0270. The van der Waals surface area contributed by atoms with Gasteiger partial charge in [-0.15, -0.1) is 0 Å². The number of aromatic nitrogens is 1. The third-order valence-corrected chi connectivity index (χ3v) is 8.01. The van der Waals surface area contributed by atoms with Crippen molar-refractivity contribution in [1.82, 2.24) is 4.57 Å². The molecule has 190 valence electrons. The lowest BCUT2D eigenvalue weighted by atomic mass is 9.99. The Labute approximate surface area is 231 Å². The third-order valence-electron chi connectivity index (χ3n) is 8.01. The number of hydrogen-bond donors (Lipinski definition) is 1. The molecule has 3 heteroatoms. The number of nitrogens with zero attached hydrogens (tertiary/aromatic N) is 1. The van der Waals surface area contributed by atoms with E-state index in [1.807, 2.05) is 7.05 Å². The van der Waals surface area contributed by atoms with Crippen molar-refractivity contribution < 1.29 is 4.42 Å². The Hall–Kier alpha value is -5.28. The fourth-order valence-electron chi connectivity index (χ4n) is 6.05. The summed E-state index contributed by atoms with van der Waals surface area (Å²) >= 11 is 0. The second kappa shape index (κ2) is 8.89.